The molecule has 0 bridgehead atoms. The molecule has 0 radical (unpaired) electrons. The number of aliphatic hydroxyl groups excluding tert-OH is 1. The van der Waals surface area contributed by atoms with Crippen LogP contribution in [-0.2, 0) is 9.47 Å². The van der Waals surface area contributed by atoms with Crippen molar-refractivity contribution in [2.75, 3.05) is 7.11 Å². The van der Waals surface area contributed by atoms with Crippen molar-refractivity contribution in [2.45, 2.75) is 18.3 Å². The van der Waals surface area contributed by atoms with Crippen molar-refractivity contribution in [3.8, 4) is 0 Å². The van der Waals surface area contributed by atoms with Gasteiger partial charge in [0.1, 0.15) is 0 Å². The summed E-state index contributed by atoms with van der Waals surface area (Å²) in [5.74, 6) is 0.948. The van der Waals surface area contributed by atoms with Crippen molar-refractivity contribution in [2.24, 2.45) is 0 Å². The molecule has 0 amide bonds. The number of hydrogen-bond donors (Lipinski definition) is 1. The zero-order chi connectivity index (χ0) is 10.8. The van der Waals surface area contributed by atoms with E-state index in [-0.39, 0.29) is 31.1 Å². The molecular weight excluding hydrogens is 464 g/mol. The maximum absolute atomic E-state index is 10.7. The quantitative estimate of drug-likeness (QED) is 0.421. The molecular formula is C7H11O5P2U-3. The minimum atomic E-state index is -3.64. The zero-order valence-corrected chi connectivity index (χ0v) is 14.0. The van der Waals surface area contributed by atoms with Crippen LogP contribution in [-0.4, -0.2) is 30.5 Å². The Morgan fingerprint density at radius 3 is 2.60 bits per heavy atom. The third-order valence-electron chi connectivity index (χ3n) is 1.79. The fourth-order valence-electron chi connectivity index (χ4n) is 1.07. The molecule has 5 nitrogen and oxygen atoms in total. The minimum absolute atomic E-state index is 0. The third kappa shape index (κ3) is 5.46. The molecule has 1 saturated heterocycles. The summed E-state index contributed by atoms with van der Waals surface area (Å²) in [7, 11) is 0.313. The summed E-state index contributed by atoms with van der Waals surface area (Å²) in [6.07, 6.45) is -0.820. The van der Waals surface area contributed by atoms with Gasteiger partial charge in [-0.05, 0) is 6.10 Å². The summed E-state index contributed by atoms with van der Waals surface area (Å²) >= 11 is 0. The van der Waals surface area contributed by atoms with Crippen LogP contribution in [0.15, 0.2) is 11.9 Å². The topological polar surface area (TPSA) is 84.8 Å². The largest absolute Gasteiger partial charge is 0.834 e. The van der Waals surface area contributed by atoms with Gasteiger partial charge in [-0.1, -0.05) is 11.9 Å². The minimum Gasteiger partial charge on any atom is -0.834 e. The van der Waals surface area contributed by atoms with Gasteiger partial charge in [0.2, 0.25) is 0 Å². The van der Waals surface area contributed by atoms with Gasteiger partial charge >= 0.3 is 0 Å². The Labute approximate surface area is 114 Å². The summed E-state index contributed by atoms with van der Waals surface area (Å²) in [5.41, 5.74) is 0. The Balaban J connectivity index is 0.00000196. The molecule has 1 fully saturated rings. The zero-order valence-electron chi connectivity index (χ0n) is 7.99. The van der Waals surface area contributed by atoms with Gasteiger partial charge in [-0.25, -0.2) is 7.00 Å². The van der Waals surface area contributed by atoms with Gasteiger partial charge in [-0.2, -0.15) is 15.1 Å². The van der Waals surface area contributed by atoms with Gasteiger partial charge in [0, 0.05) is 38.2 Å². The van der Waals surface area contributed by atoms with Crippen molar-refractivity contribution in [1.29, 1.82) is 0 Å². The molecule has 0 spiro atoms. The van der Waals surface area contributed by atoms with Crippen LogP contribution < -0.4 is 9.79 Å². The molecule has 8 heteroatoms. The van der Waals surface area contributed by atoms with Crippen molar-refractivity contribution in [1.82, 2.24) is 0 Å². The SMILES string of the molecule is CO[C@@H]1[CH-]O[C@H](/C=C/P([O-])([O-])=P)C1O.[U]. The summed E-state index contributed by atoms with van der Waals surface area (Å²) in [6.45, 7) is 1.34. The second-order valence-electron chi connectivity index (χ2n) is 2.87. The molecule has 0 aromatic heterocycles. The number of aliphatic hydroxyl groups is 1. The molecule has 0 aromatic carbocycles. The molecule has 0 aliphatic carbocycles. The summed E-state index contributed by atoms with van der Waals surface area (Å²) in [6, 6.07) is 0. The molecule has 1 aliphatic rings. The van der Waals surface area contributed by atoms with Gasteiger partial charge in [0.15, 0.2) is 0 Å². The van der Waals surface area contributed by atoms with Crippen LogP contribution in [0.4, 0.5) is 0 Å². The van der Waals surface area contributed by atoms with E-state index in [2.05, 4.69) is 8.53 Å². The Bertz CT molecular complexity index is 266. The predicted octanol–water partition coefficient (Wildman–Crippen LogP) is -0.937. The van der Waals surface area contributed by atoms with E-state index < -0.39 is 25.3 Å². The van der Waals surface area contributed by atoms with Crippen LogP contribution in [0, 0.1) is 37.7 Å². The number of rotatable bonds is 3. The smallest absolute Gasteiger partial charge is 0.0811 e. The molecule has 0 saturated carbocycles. The predicted molar refractivity (Wildman–Crippen MR) is 50.4 cm³/mol. The Morgan fingerprint density at radius 1 is 1.60 bits per heavy atom. The van der Waals surface area contributed by atoms with Gasteiger partial charge in [-0.3, -0.25) is 0 Å². The molecule has 1 aliphatic heterocycles. The molecule has 1 heterocycles. The van der Waals surface area contributed by atoms with Gasteiger partial charge < -0.3 is 24.4 Å². The van der Waals surface area contributed by atoms with Crippen molar-refractivity contribution in [3.05, 3.63) is 18.5 Å². The molecule has 1 unspecified atom stereocenters. The average Bonchev–Trinajstić information content (AvgIpc) is 2.42. The van der Waals surface area contributed by atoms with E-state index in [1.54, 1.807) is 0 Å². The normalized spacial score (nSPS) is 31.9. The first-order chi connectivity index (χ1) is 6.44. The van der Waals surface area contributed by atoms with E-state index in [1.807, 2.05) is 0 Å². The second-order valence-corrected chi connectivity index (χ2v) is 6.23. The van der Waals surface area contributed by atoms with E-state index in [4.69, 9.17) is 9.47 Å². The fourth-order valence-corrected chi connectivity index (χ4v) is 1.72. The van der Waals surface area contributed by atoms with Gasteiger partial charge in [-0.15, -0.1) is 0 Å². The van der Waals surface area contributed by atoms with Crippen molar-refractivity contribution in [3.63, 3.8) is 0 Å². The van der Waals surface area contributed by atoms with Crippen LogP contribution >= 0.6 is 15.5 Å². The van der Waals surface area contributed by atoms with Crippen LogP contribution in [0.2, 0.25) is 0 Å². The number of methoxy groups -OCH3 is 1. The molecule has 1 rings (SSSR count). The molecule has 15 heavy (non-hydrogen) atoms. The average molecular weight is 475 g/mol. The van der Waals surface area contributed by atoms with Crippen molar-refractivity contribution >= 4 is 15.5 Å². The summed E-state index contributed by atoms with van der Waals surface area (Å²) in [5, 5.41) is 9.51. The van der Waals surface area contributed by atoms with E-state index >= 15 is 0 Å². The van der Waals surface area contributed by atoms with E-state index in [9.17, 15) is 14.9 Å². The third-order valence-corrected chi connectivity index (χ3v) is 2.80. The Hall–Kier alpha value is 1.32. The summed E-state index contributed by atoms with van der Waals surface area (Å²) < 4.78 is 9.86. The fraction of sp³-hybridized carbons (Fsp3) is 0.571. The number of hydrogen-bond acceptors (Lipinski definition) is 5. The Kier molecular flexibility index (Phi) is 7.52. The maximum Gasteiger partial charge on any atom is 0.0811 e. The standard InChI is InChI=1S/C7H11O5P2.U/c1-11-6-4-12-5(7(6)8)2-3-14(9,10)13;/h2-8,13H,1H3;/q-3;/b3-2+;/t5-,6-,7?;/m1./s1. The summed E-state index contributed by atoms with van der Waals surface area (Å²) in [4.78, 5) is 21.4. The first-order valence-electron chi connectivity index (χ1n) is 3.89. The van der Waals surface area contributed by atoms with Crippen LogP contribution in [0.1, 0.15) is 0 Å². The van der Waals surface area contributed by atoms with E-state index in [0.717, 1.165) is 5.82 Å². The monoisotopic (exact) mass is 475 g/mol. The number of ether oxygens (including phenoxy) is 2. The first kappa shape index (κ1) is 16.3. The molecule has 0 aromatic rings. The van der Waals surface area contributed by atoms with Crippen LogP contribution in [0.3, 0.4) is 0 Å². The Morgan fingerprint density at radius 2 is 2.20 bits per heavy atom. The molecule has 86 valence electrons. The van der Waals surface area contributed by atoms with Gasteiger partial charge in [0.05, 0.1) is 12.2 Å². The first-order valence-corrected chi connectivity index (χ1v) is 6.92. The van der Waals surface area contributed by atoms with Crippen LogP contribution in [0.25, 0.3) is 0 Å². The second kappa shape index (κ2) is 6.91. The van der Waals surface area contributed by atoms with E-state index in [0.29, 0.717) is 0 Å². The van der Waals surface area contributed by atoms with E-state index in [1.165, 1.54) is 19.8 Å². The van der Waals surface area contributed by atoms with Crippen molar-refractivity contribution < 1.29 is 55.5 Å². The maximum atomic E-state index is 10.7. The van der Waals surface area contributed by atoms with Gasteiger partial charge in [0.25, 0.3) is 0 Å². The molecule has 1 N–H and O–H groups in total. The van der Waals surface area contributed by atoms with Crippen LogP contribution in [0.5, 0.6) is 0 Å². The molecule has 3 atom stereocenters.